The van der Waals surface area contributed by atoms with Gasteiger partial charge in [0.05, 0.1) is 6.10 Å². The molecule has 0 saturated carbocycles. The van der Waals surface area contributed by atoms with Crippen molar-refractivity contribution in [2.24, 2.45) is 5.92 Å². The molecule has 1 aromatic rings. The molecule has 0 aromatic carbocycles. The number of aromatic nitrogens is 1. The van der Waals surface area contributed by atoms with E-state index in [1.165, 1.54) is 5.56 Å². The van der Waals surface area contributed by atoms with Gasteiger partial charge in [0.15, 0.2) is 0 Å². The molecule has 1 aromatic heterocycles. The molecule has 2 atom stereocenters. The first-order valence-corrected chi connectivity index (χ1v) is 6.79. The molecule has 1 saturated heterocycles. The van der Waals surface area contributed by atoms with Gasteiger partial charge in [0, 0.05) is 37.9 Å². The third-order valence-electron chi connectivity index (χ3n) is 3.57. The maximum absolute atomic E-state index is 9.75. The van der Waals surface area contributed by atoms with Crippen LogP contribution in [0.3, 0.4) is 0 Å². The van der Waals surface area contributed by atoms with E-state index < -0.39 is 0 Å². The van der Waals surface area contributed by atoms with Crippen molar-refractivity contribution >= 4 is 5.82 Å². The molecule has 2 N–H and O–H groups in total. The molecular formula is C14H23N3O. The zero-order valence-electron chi connectivity index (χ0n) is 11.3. The van der Waals surface area contributed by atoms with Crippen LogP contribution >= 0.6 is 0 Å². The monoisotopic (exact) mass is 249 g/mol. The van der Waals surface area contributed by atoms with Gasteiger partial charge in [-0.25, -0.2) is 4.98 Å². The van der Waals surface area contributed by atoms with Crippen LogP contribution < -0.4 is 5.32 Å². The van der Waals surface area contributed by atoms with Gasteiger partial charge in [0.1, 0.15) is 5.82 Å². The van der Waals surface area contributed by atoms with Gasteiger partial charge in [-0.15, -0.1) is 0 Å². The van der Waals surface area contributed by atoms with Crippen LogP contribution in [-0.2, 0) is 6.54 Å². The summed E-state index contributed by atoms with van der Waals surface area (Å²) < 4.78 is 0. The molecule has 1 aliphatic heterocycles. The van der Waals surface area contributed by atoms with Crippen LogP contribution in [0.15, 0.2) is 18.3 Å². The van der Waals surface area contributed by atoms with Crippen LogP contribution in [0.4, 0.5) is 5.82 Å². The molecule has 2 rings (SSSR count). The lowest BCUT2D eigenvalue weighted by Gasteiger charge is -2.34. The van der Waals surface area contributed by atoms with Crippen LogP contribution in [-0.4, -0.2) is 40.7 Å². The Morgan fingerprint density at radius 3 is 3.11 bits per heavy atom. The van der Waals surface area contributed by atoms with E-state index in [-0.39, 0.29) is 6.10 Å². The Morgan fingerprint density at radius 1 is 1.56 bits per heavy atom. The third-order valence-corrected chi connectivity index (χ3v) is 3.57. The molecule has 1 fully saturated rings. The van der Waals surface area contributed by atoms with E-state index in [0.29, 0.717) is 5.92 Å². The molecule has 0 radical (unpaired) electrons. The Bertz CT molecular complexity index is 383. The minimum Gasteiger partial charge on any atom is -0.393 e. The van der Waals surface area contributed by atoms with Crippen LogP contribution in [0.1, 0.15) is 25.8 Å². The van der Waals surface area contributed by atoms with Crippen LogP contribution in [0.2, 0.25) is 0 Å². The zero-order valence-corrected chi connectivity index (χ0v) is 11.3. The number of nitrogens with zero attached hydrogens (tertiary/aromatic N) is 2. The lowest BCUT2D eigenvalue weighted by atomic mass is 9.96. The van der Waals surface area contributed by atoms with Crippen molar-refractivity contribution in [2.45, 2.75) is 32.9 Å². The summed E-state index contributed by atoms with van der Waals surface area (Å²) in [5, 5.41) is 13.0. The maximum atomic E-state index is 9.75. The van der Waals surface area contributed by atoms with Crippen molar-refractivity contribution in [3.05, 3.63) is 23.9 Å². The summed E-state index contributed by atoms with van der Waals surface area (Å²) in [5.41, 5.74) is 1.24. The van der Waals surface area contributed by atoms with Crippen molar-refractivity contribution in [1.82, 2.24) is 9.88 Å². The minimum absolute atomic E-state index is 0.136. The number of rotatable bonds is 4. The normalized spacial score (nSPS) is 25.1. The Balaban J connectivity index is 2.01. The molecule has 0 spiro atoms. The summed E-state index contributed by atoms with van der Waals surface area (Å²) in [4.78, 5) is 6.78. The Hall–Kier alpha value is -1.13. The van der Waals surface area contributed by atoms with Gasteiger partial charge < -0.3 is 10.4 Å². The van der Waals surface area contributed by atoms with Gasteiger partial charge in [0.2, 0.25) is 0 Å². The van der Waals surface area contributed by atoms with E-state index in [1.807, 2.05) is 12.3 Å². The van der Waals surface area contributed by atoms with E-state index >= 15 is 0 Å². The molecule has 0 bridgehead atoms. The van der Waals surface area contributed by atoms with Gasteiger partial charge >= 0.3 is 0 Å². The minimum atomic E-state index is -0.136. The van der Waals surface area contributed by atoms with Gasteiger partial charge in [0.25, 0.3) is 0 Å². The highest BCUT2D eigenvalue weighted by molar-refractivity contribution is 5.43. The molecule has 100 valence electrons. The summed E-state index contributed by atoms with van der Waals surface area (Å²) in [6, 6.07) is 4.11. The first kappa shape index (κ1) is 13.3. The fourth-order valence-electron chi connectivity index (χ4n) is 2.50. The third kappa shape index (κ3) is 3.21. The molecular weight excluding hydrogens is 226 g/mol. The Morgan fingerprint density at radius 2 is 2.39 bits per heavy atom. The average Bonchev–Trinajstić information content (AvgIpc) is 2.37. The van der Waals surface area contributed by atoms with Crippen molar-refractivity contribution in [1.29, 1.82) is 0 Å². The number of aliphatic hydroxyl groups excluding tert-OH is 1. The van der Waals surface area contributed by atoms with Gasteiger partial charge in [-0.2, -0.15) is 0 Å². The summed E-state index contributed by atoms with van der Waals surface area (Å²) >= 11 is 0. The fraction of sp³-hybridized carbons (Fsp3) is 0.643. The largest absolute Gasteiger partial charge is 0.393 e. The first-order valence-electron chi connectivity index (χ1n) is 6.79. The Kier molecular flexibility index (Phi) is 4.55. The molecule has 0 aliphatic carbocycles. The lowest BCUT2D eigenvalue weighted by Crippen LogP contribution is -2.41. The highest BCUT2D eigenvalue weighted by Gasteiger charge is 2.24. The van der Waals surface area contributed by atoms with Gasteiger partial charge in [-0.1, -0.05) is 13.0 Å². The number of nitrogens with one attached hydrogen (secondary N) is 1. The van der Waals surface area contributed by atoms with Gasteiger partial charge in [-0.05, 0) is 25.3 Å². The van der Waals surface area contributed by atoms with Crippen molar-refractivity contribution in [3.63, 3.8) is 0 Å². The van der Waals surface area contributed by atoms with Crippen LogP contribution in [0, 0.1) is 5.92 Å². The predicted molar refractivity (Wildman–Crippen MR) is 73.5 cm³/mol. The fourth-order valence-corrected chi connectivity index (χ4v) is 2.50. The van der Waals surface area contributed by atoms with Crippen molar-refractivity contribution < 1.29 is 5.11 Å². The number of pyridine rings is 1. The van der Waals surface area contributed by atoms with E-state index in [0.717, 1.165) is 38.4 Å². The van der Waals surface area contributed by atoms with E-state index in [4.69, 9.17) is 0 Å². The molecule has 18 heavy (non-hydrogen) atoms. The standard InChI is InChI=1S/C14H23N3O/c1-3-15-14-12(5-4-7-16-14)10-17-8-6-13(18)11(2)9-17/h4-5,7,11,13,18H,3,6,8-10H2,1-2H3,(H,15,16). The zero-order chi connectivity index (χ0) is 13.0. The number of aliphatic hydroxyl groups is 1. The number of hydrogen-bond acceptors (Lipinski definition) is 4. The quantitative estimate of drug-likeness (QED) is 0.853. The van der Waals surface area contributed by atoms with Crippen molar-refractivity contribution in [3.8, 4) is 0 Å². The van der Waals surface area contributed by atoms with E-state index in [1.54, 1.807) is 0 Å². The lowest BCUT2D eigenvalue weighted by molar-refractivity contribution is 0.0320. The number of hydrogen-bond donors (Lipinski definition) is 2. The second kappa shape index (κ2) is 6.16. The molecule has 2 heterocycles. The van der Waals surface area contributed by atoms with E-state index in [2.05, 4.69) is 35.1 Å². The second-order valence-corrected chi connectivity index (χ2v) is 5.11. The average molecular weight is 249 g/mol. The molecule has 1 aliphatic rings. The second-order valence-electron chi connectivity index (χ2n) is 5.11. The SMILES string of the molecule is CCNc1ncccc1CN1CCC(O)C(C)C1. The molecule has 2 unspecified atom stereocenters. The van der Waals surface area contributed by atoms with Gasteiger partial charge in [-0.3, -0.25) is 4.90 Å². The highest BCUT2D eigenvalue weighted by atomic mass is 16.3. The molecule has 0 amide bonds. The summed E-state index contributed by atoms with van der Waals surface area (Å²) in [7, 11) is 0. The van der Waals surface area contributed by atoms with Crippen molar-refractivity contribution in [2.75, 3.05) is 25.0 Å². The summed E-state index contributed by atoms with van der Waals surface area (Å²) in [5.74, 6) is 1.34. The number of anilines is 1. The Labute approximate surface area is 109 Å². The predicted octanol–water partition coefficient (Wildman–Crippen LogP) is 1.72. The molecule has 4 heteroatoms. The molecule has 4 nitrogen and oxygen atoms in total. The van der Waals surface area contributed by atoms with E-state index in [9.17, 15) is 5.11 Å². The maximum Gasteiger partial charge on any atom is 0.130 e. The van der Waals surface area contributed by atoms with Crippen LogP contribution in [0.25, 0.3) is 0 Å². The topological polar surface area (TPSA) is 48.4 Å². The first-order chi connectivity index (χ1) is 8.70. The summed E-state index contributed by atoms with van der Waals surface area (Å²) in [6.45, 7) is 7.92. The number of likely N-dealkylation sites (tertiary alicyclic amines) is 1. The number of piperidine rings is 1. The summed E-state index contributed by atoms with van der Waals surface area (Å²) in [6.07, 6.45) is 2.56. The highest BCUT2D eigenvalue weighted by Crippen LogP contribution is 2.20. The van der Waals surface area contributed by atoms with Crippen LogP contribution in [0.5, 0.6) is 0 Å². The smallest absolute Gasteiger partial charge is 0.130 e.